The third-order valence-electron chi connectivity index (χ3n) is 2.78. The third kappa shape index (κ3) is 2.80. The number of rotatable bonds is 2. The Labute approximate surface area is 106 Å². The van der Waals surface area contributed by atoms with Crippen LogP contribution in [0.4, 0.5) is 5.69 Å². The van der Waals surface area contributed by atoms with E-state index in [1.807, 2.05) is 25.1 Å². The molecule has 1 N–H and O–H groups in total. The molecule has 0 saturated carbocycles. The fraction of sp³-hybridized carbons (Fsp3) is 0.385. The van der Waals surface area contributed by atoms with E-state index >= 15 is 0 Å². The van der Waals surface area contributed by atoms with Crippen LogP contribution in [-0.4, -0.2) is 17.0 Å². The van der Waals surface area contributed by atoms with Crippen molar-refractivity contribution >= 4 is 22.6 Å². The average molecular weight is 245 g/mol. The van der Waals surface area contributed by atoms with Gasteiger partial charge in [0.1, 0.15) is 0 Å². The van der Waals surface area contributed by atoms with Crippen molar-refractivity contribution in [3.05, 3.63) is 29.3 Å². The molecular formula is C13H15N3S. The van der Waals surface area contributed by atoms with Gasteiger partial charge in [-0.05, 0) is 31.0 Å². The molecule has 1 aromatic rings. The van der Waals surface area contributed by atoms with Crippen LogP contribution in [0.1, 0.15) is 24.5 Å². The van der Waals surface area contributed by atoms with Crippen LogP contribution < -0.4 is 5.32 Å². The topological polar surface area (TPSA) is 48.2 Å². The molecule has 1 heterocycles. The Balaban J connectivity index is 2.12. The number of benzene rings is 1. The quantitative estimate of drug-likeness (QED) is 0.870. The number of nitrogens with zero attached hydrogens (tertiary/aromatic N) is 2. The normalized spacial score (nSPS) is 18.6. The van der Waals surface area contributed by atoms with E-state index in [2.05, 4.69) is 23.3 Å². The summed E-state index contributed by atoms with van der Waals surface area (Å²) in [6, 6.07) is 7.81. The van der Waals surface area contributed by atoms with E-state index in [0.29, 0.717) is 10.8 Å². The summed E-state index contributed by atoms with van der Waals surface area (Å²) >= 11 is 1.78. The van der Waals surface area contributed by atoms with Crippen molar-refractivity contribution in [1.29, 1.82) is 5.26 Å². The second-order valence-corrected chi connectivity index (χ2v) is 5.35. The van der Waals surface area contributed by atoms with Crippen molar-refractivity contribution < 1.29 is 0 Å². The van der Waals surface area contributed by atoms with Crippen molar-refractivity contribution in [2.45, 2.75) is 25.5 Å². The van der Waals surface area contributed by atoms with E-state index in [4.69, 9.17) is 5.26 Å². The van der Waals surface area contributed by atoms with Crippen LogP contribution in [0.25, 0.3) is 0 Å². The predicted molar refractivity (Wildman–Crippen MR) is 73.5 cm³/mol. The fourth-order valence-electron chi connectivity index (χ4n) is 1.64. The zero-order valence-corrected chi connectivity index (χ0v) is 10.8. The Hall–Kier alpha value is -1.47. The first-order valence-corrected chi connectivity index (χ1v) is 6.59. The van der Waals surface area contributed by atoms with Gasteiger partial charge in [0.15, 0.2) is 5.17 Å². The third-order valence-corrected chi connectivity index (χ3v) is 4.05. The predicted octanol–water partition coefficient (Wildman–Crippen LogP) is 3.16. The van der Waals surface area contributed by atoms with Crippen molar-refractivity contribution in [2.75, 3.05) is 11.9 Å². The molecule has 0 radical (unpaired) electrons. The van der Waals surface area contributed by atoms with Crippen LogP contribution in [0.15, 0.2) is 23.2 Å². The van der Waals surface area contributed by atoms with Gasteiger partial charge in [-0.15, -0.1) is 0 Å². The summed E-state index contributed by atoms with van der Waals surface area (Å²) in [4.78, 5) is 4.47. The van der Waals surface area contributed by atoms with E-state index in [1.54, 1.807) is 11.8 Å². The lowest BCUT2D eigenvalue weighted by molar-refractivity contribution is 0.843. The summed E-state index contributed by atoms with van der Waals surface area (Å²) in [6.07, 6.45) is 1.14. The number of aliphatic imine (C=N–C) groups is 1. The minimum atomic E-state index is 0.594. The first-order valence-electron chi connectivity index (χ1n) is 5.71. The summed E-state index contributed by atoms with van der Waals surface area (Å²) in [6.45, 7) is 5.10. The number of amidine groups is 1. The molecule has 2 rings (SSSR count). The monoisotopic (exact) mass is 245 g/mol. The van der Waals surface area contributed by atoms with Gasteiger partial charge >= 0.3 is 0 Å². The SMILES string of the molecule is CCC1CN=C(Nc2cc(C#N)ccc2C)S1. The number of nitrogens with one attached hydrogen (secondary N) is 1. The first kappa shape index (κ1) is 12.0. The summed E-state index contributed by atoms with van der Waals surface area (Å²) < 4.78 is 0. The maximum absolute atomic E-state index is 8.88. The van der Waals surface area contributed by atoms with Crippen molar-refractivity contribution in [2.24, 2.45) is 4.99 Å². The fourth-order valence-corrected chi connectivity index (χ4v) is 2.59. The molecule has 1 unspecified atom stereocenters. The molecule has 0 bridgehead atoms. The van der Waals surface area contributed by atoms with Gasteiger partial charge in [-0.2, -0.15) is 5.26 Å². The van der Waals surface area contributed by atoms with Gasteiger partial charge in [-0.3, -0.25) is 4.99 Å². The molecule has 1 aliphatic rings. The summed E-state index contributed by atoms with van der Waals surface area (Å²) in [5.41, 5.74) is 2.79. The molecule has 88 valence electrons. The lowest BCUT2D eigenvalue weighted by Gasteiger charge is -2.09. The molecule has 0 aromatic heterocycles. The van der Waals surface area contributed by atoms with E-state index in [1.165, 1.54) is 0 Å². The number of nitriles is 1. The number of anilines is 1. The highest BCUT2D eigenvalue weighted by atomic mass is 32.2. The molecule has 1 aromatic carbocycles. The summed E-state index contributed by atoms with van der Waals surface area (Å²) in [5.74, 6) is 0. The maximum Gasteiger partial charge on any atom is 0.161 e. The molecule has 0 spiro atoms. The Morgan fingerprint density at radius 1 is 1.59 bits per heavy atom. The minimum Gasteiger partial charge on any atom is -0.335 e. The van der Waals surface area contributed by atoms with Crippen LogP contribution in [0, 0.1) is 18.3 Å². The van der Waals surface area contributed by atoms with Gasteiger partial charge in [-0.25, -0.2) is 0 Å². The zero-order valence-electron chi connectivity index (χ0n) is 10.0. The largest absolute Gasteiger partial charge is 0.335 e. The van der Waals surface area contributed by atoms with Gasteiger partial charge in [0.2, 0.25) is 0 Å². The van der Waals surface area contributed by atoms with E-state index in [-0.39, 0.29) is 0 Å². The van der Waals surface area contributed by atoms with Crippen LogP contribution in [0.5, 0.6) is 0 Å². The molecule has 17 heavy (non-hydrogen) atoms. The smallest absolute Gasteiger partial charge is 0.161 e. The zero-order chi connectivity index (χ0) is 12.3. The van der Waals surface area contributed by atoms with Gasteiger partial charge in [0, 0.05) is 10.9 Å². The maximum atomic E-state index is 8.88. The van der Waals surface area contributed by atoms with Gasteiger partial charge in [0.25, 0.3) is 0 Å². The highest BCUT2D eigenvalue weighted by Crippen LogP contribution is 2.26. The Bertz CT molecular complexity index is 488. The van der Waals surface area contributed by atoms with Crippen molar-refractivity contribution in [1.82, 2.24) is 0 Å². The molecule has 0 fully saturated rings. The summed E-state index contributed by atoms with van der Waals surface area (Å²) in [7, 11) is 0. The minimum absolute atomic E-state index is 0.594. The molecule has 1 atom stereocenters. The summed E-state index contributed by atoms with van der Waals surface area (Å²) in [5, 5.41) is 13.8. The highest BCUT2D eigenvalue weighted by molar-refractivity contribution is 8.15. The van der Waals surface area contributed by atoms with Crippen LogP contribution in [0.3, 0.4) is 0 Å². The second-order valence-electron chi connectivity index (χ2n) is 4.06. The van der Waals surface area contributed by atoms with E-state index < -0.39 is 0 Å². The first-order chi connectivity index (χ1) is 8.22. The second kappa shape index (κ2) is 5.24. The molecule has 0 amide bonds. The number of hydrogen-bond donors (Lipinski definition) is 1. The number of aryl methyl sites for hydroxylation is 1. The van der Waals surface area contributed by atoms with Crippen LogP contribution in [-0.2, 0) is 0 Å². The Morgan fingerprint density at radius 2 is 2.41 bits per heavy atom. The van der Waals surface area contributed by atoms with Crippen molar-refractivity contribution in [3.8, 4) is 6.07 Å². The van der Waals surface area contributed by atoms with Crippen LogP contribution in [0.2, 0.25) is 0 Å². The number of thioether (sulfide) groups is 1. The number of hydrogen-bond acceptors (Lipinski definition) is 4. The molecule has 3 nitrogen and oxygen atoms in total. The van der Waals surface area contributed by atoms with E-state index in [9.17, 15) is 0 Å². The van der Waals surface area contributed by atoms with Crippen LogP contribution >= 0.6 is 11.8 Å². The Morgan fingerprint density at radius 3 is 3.06 bits per heavy atom. The standard InChI is InChI=1S/C13H15N3S/c1-3-11-8-15-13(17-11)16-12-6-10(7-14)5-4-9(12)2/h4-6,11H,3,8H2,1-2H3,(H,15,16). The molecule has 0 saturated heterocycles. The molecule has 4 heteroatoms. The lowest BCUT2D eigenvalue weighted by Crippen LogP contribution is -2.08. The molecular weight excluding hydrogens is 230 g/mol. The average Bonchev–Trinajstić information content (AvgIpc) is 2.80. The highest BCUT2D eigenvalue weighted by Gasteiger charge is 2.18. The van der Waals surface area contributed by atoms with E-state index in [0.717, 1.165) is 29.4 Å². The van der Waals surface area contributed by atoms with Gasteiger partial charge in [-0.1, -0.05) is 24.8 Å². The molecule has 0 aliphatic carbocycles. The lowest BCUT2D eigenvalue weighted by atomic mass is 10.1. The Kier molecular flexibility index (Phi) is 3.70. The van der Waals surface area contributed by atoms with Gasteiger partial charge < -0.3 is 5.32 Å². The van der Waals surface area contributed by atoms with Crippen molar-refractivity contribution in [3.63, 3.8) is 0 Å². The molecule has 1 aliphatic heterocycles. The van der Waals surface area contributed by atoms with Gasteiger partial charge in [0.05, 0.1) is 18.2 Å².